The molecule has 21 heavy (non-hydrogen) atoms. The quantitative estimate of drug-likeness (QED) is 0.654. The van der Waals surface area contributed by atoms with Gasteiger partial charge in [-0.3, -0.25) is 0 Å². The second kappa shape index (κ2) is 5.40. The molecule has 112 valence electrons. The Balaban J connectivity index is 2.53. The molecule has 0 heterocycles. The van der Waals surface area contributed by atoms with Crippen LogP contribution in [0.15, 0.2) is 36.4 Å². The Bertz CT molecular complexity index is 642. The molecule has 0 amide bonds. The highest BCUT2D eigenvalue weighted by molar-refractivity contribution is 5.39. The Hall–Kier alpha value is -2.02. The minimum atomic E-state index is -4.66. The average Bonchev–Trinajstić information content (AvgIpc) is 2.42. The molecule has 0 saturated carbocycles. The van der Waals surface area contributed by atoms with E-state index in [0.717, 1.165) is 12.1 Å². The summed E-state index contributed by atoms with van der Waals surface area (Å²) in [4.78, 5) is 0. The van der Waals surface area contributed by atoms with Crippen molar-refractivity contribution >= 4 is 0 Å². The van der Waals surface area contributed by atoms with Gasteiger partial charge in [0.1, 0.15) is 0 Å². The summed E-state index contributed by atoms with van der Waals surface area (Å²) >= 11 is 0. The van der Waals surface area contributed by atoms with Gasteiger partial charge < -0.3 is 5.73 Å². The minimum Gasteiger partial charge on any atom is -0.320 e. The normalized spacial score (nSPS) is 13.3. The van der Waals surface area contributed by atoms with E-state index in [9.17, 15) is 26.3 Å². The van der Waals surface area contributed by atoms with Gasteiger partial charge in [0.2, 0.25) is 0 Å². The Morgan fingerprint density at radius 3 is 1.95 bits per heavy atom. The van der Waals surface area contributed by atoms with Crippen LogP contribution in [0.3, 0.4) is 0 Å². The highest BCUT2D eigenvalue weighted by atomic mass is 19.4. The van der Waals surface area contributed by atoms with E-state index in [-0.39, 0.29) is 11.1 Å². The smallest absolute Gasteiger partial charge is 0.320 e. The third-order valence-electron chi connectivity index (χ3n) is 2.97. The molecule has 2 aromatic carbocycles. The molecule has 0 aliphatic rings. The Labute approximate surface area is 116 Å². The fourth-order valence-electron chi connectivity index (χ4n) is 1.96. The molecule has 2 aromatic rings. The molecule has 7 heteroatoms. The van der Waals surface area contributed by atoms with Gasteiger partial charge in [0.15, 0.2) is 17.5 Å². The highest BCUT2D eigenvalue weighted by Crippen LogP contribution is 2.36. The van der Waals surface area contributed by atoms with E-state index >= 15 is 0 Å². The van der Waals surface area contributed by atoms with Crippen LogP contribution in [-0.2, 0) is 6.18 Å². The van der Waals surface area contributed by atoms with Gasteiger partial charge in [-0.2, -0.15) is 13.2 Å². The molecule has 0 saturated heterocycles. The van der Waals surface area contributed by atoms with Crippen LogP contribution < -0.4 is 5.73 Å². The van der Waals surface area contributed by atoms with Gasteiger partial charge in [-0.1, -0.05) is 18.2 Å². The zero-order valence-corrected chi connectivity index (χ0v) is 10.4. The second-order valence-corrected chi connectivity index (χ2v) is 4.36. The van der Waals surface area contributed by atoms with Gasteiger partial charge in [-0.15, -0.1) is 0 Å². The van der Waals surface area contributed by atoms with E-state index in [1.165, 1.54) is 12.1 Å². The molecule has 0 aliphatic carbocycles. The molecule has 1 unspecified atom stereocenters. The first kappa shape index (κ1) is 15.4. The molecule has 1 atom stereocenters. The molecule has 0 bridgehead atoms. The van der Waals surface area contributed by atoms with Crippen molar-refractivity contribution in [3.8, 4) is 0 Å². The molecule has 1 nitrogen and oxygen atoms in total. The zero-order valence-electron chi connectivity index (χ0n) is 10.4. The van der Waals surface area contributed by atoms with Crippen LogP contribution in [-0.4, -0.2) is 0 Å². The van der Waals surface area contributed by atoms with Crippen molar-refractivity contribution in [2.24, 2.45) is 5.73 Å². The van der Waals surface area contributed by atoms with Crippen molar-refractivity contribution in [2.75, 3.05) is 0 Å². The number of alkyl halides is 3. The SMILES string of the molecule is NC(c1cc(F)c(F)c(F)c1)c1ccccc1C(F)(F)F. The van der Waals surface area contributed by atoms with Crippen molar-refractivity contribution in [2.45, 2.75) is 12.2 Å². The Morgan fingerprint density at radius 1 is 0.905 bits per heavy atom. The lowest BCUT2D eigenvalue weighted by Crippen LogP contribution is -2.19. The van der Waals surface area contributed by atoms with E-state index in [4.69, 9.17) is 5.73 Å². The van der Waals surface area contributed by atoms with Crippen molar-refractivity contribution in [3.05, 3.63) is 70.5 Å². The van der Waals surface area contributed by atoms with Crippen LogP contribution in [0.5, 0.6) is 0 Å². The second-order valence-electron chi connectivity index (χ2n) is 4.36. The lowest BCUT2D eigenvalue weighted by molar-refractivity contribution is -0.138. The summed E-state index contributed by atoms with van der Waals surface area (Å²) in [5, 5.41) is 0. The number of nitrogens with two attached hydrogens (primary N) is 1. The fraction of sp³-hybridized carbons (Fsp3) is 0.143. The van der Waals surface area contributed by atoms with Gasteiger partial charge >= 0.3 is 6.18 Å². The topological polar surface area (TPSA) is 26.0 Å². The summed E-state index contributed by atoms with van der Waals surface area (Å²) in [6.45, 7) is 0. The maximum Gasteiger partial charge on any atom is 0.416 e. The largest absolute Gasteiger partial charge is 0.416 e. The average molecular weight is 305 g/mol. The highest BCUT2D eigenvalue weighted by Gasteiger charge is 2.34. The maximum atomic E-state index is 13.2. The van der Waals surface area contributed by atoms with Crippen LogP contribution in [0.1, 0.15) is 22.7 Å². The molecule has 0 aromatic heterocycles. The Kier molecular flexibility index (Phi) is 3.95. The third-order valence-corrected chi connectivity index (χ3v) is 2.97. The van der Waals surface area contributed by atoms with E-state index < -0.39 is 35.2 Å². The number of hydrogen-bond donors (Lipinski definition) is 1. The molecule has 0 fully saturated rings. The van der Waals surface area contributed by atoms with Crippen LogP contribution in [0.4, 0.5) is 26.3 Å². The van der Waals surface area contributed by atoms with Gasteiger partial charge in [0.05, 0.1) is 11.6 Å². The number of benzene rings is 2. The van der Waals surface area contributed by atoms with Crippen molar-refractivity contribution in [1.82, 2.24) is 0 Å². The molecule has 2 N–H and O–H groups in total. The van der Waals surface area contributed by atoms with Crippen molar-refractivity contribution < 1.29 is 26.3 Å². The maximum absolute atomic E-state index is 13.2. The predicted molar refractivity (Wildman–Crippen MR) is 63.8 cm³/mol. The monoisotopic (exact) mass is 305 g/mol. The first-order chi connectivity index (χ1) is 9.71. The lowest BCUT2D eigenvalue weighted by Gasteiger charge is -2.18. The summed E-state index contributed by atoms with van der Waals surface area (Å²) in [7, 11) is 0. The summed E-state index contributed by atoms with van der Waals surface area (Å²) < 4.78 is 77.8. The van der Waals surface area contributed by atoms with Crippen molar-refractivity contribution in [1.29, 1.82) is 0 Å². The van der Waals surface area contributed by atoms with Crippen LogP contribution >= 0.6 is 0 Å². The number of hydrogen-bond acceptors (Lipinski definition) is 1. The van der Waals surface area contributed by atoms with E-state index in [1.54, 1.807) is 0 Å². The van der Waals surface area contributed by atoms with Crippen LogP contribution in [0.25, 0.3) is 0 Å². The molecule has 0 spiro atoms. The summed E-state index contributed by atoms with van der Waals surface area (Å²) in [6.07, 6.45) is -4.66. The van der Waals surface area contributed by atoms with Crippen LogP contribution in [0.2, 0.25) is 0 Å². The molecule has 0 radical (unpaired) electrons. The number of halogens is 6. The zero-order chi connectivity index (χ0) is 15.8. The first-order valence-electron chi connectivity index (χ1n) is 5.78. The Morgan fingerprint density at radius 2 is 1.43 bits per heavy atom. The van der Waals surface area contributed by atoms with E-state index in [1.807, 2.05) is 0 Å². The van der Waals surface area contributed by atoms with E-state index in [2.05, 4.69) is 0 Å². The fourth-order valence-corrected chi connectivity index (χ4v) is 1.96. The predicted octanol–water partition coefficient (Wildman–Crippen LogP) is 4.17. The molecular weight excluding hydrogens is 296 g/mol. The molecule has 2 rings (SSSR count). The van der Waals surface area contributed by atoms with Crippen LogP contribution in [0, 0.1) is 17.5 Å². The summed E-state index contributed by atoms with van der Waals surface area (Å²) in [5.41, 5.74) is 3.99. The third kappa shape index (κ3) is 3.02. The van der Waals surface area contributed by atoms with Gasteiger partial charge in [0.25, 0.3) is 0 Å². The first-order valence-corrected chi connectivity index (χ1v) is 5.78. The molecular formula is C14H9F6N. The minimum absolute atomic E-state index is 0.289. The lowest BCUT2D eigenvalue weighted by atomic mass is 9.94. The van der Waals surface area contributed by atoms with Gasteiger partial charge in [-0.25, -0.2) is 13.2 Å². The van der Waals surface area contributed by atoms with Gasteiger partial charge in [-0.05, 0) is 29.3 Å². The standard InChI is InChI=1S/C14H9F6N/c15-10-5-7(6-11(16)12(10)17)13(21)8-3-1-2-4-9(8)14(18,19)20/h1-6,13H,21H2. The number of rotatable bonds is 2. The molecule has 0 aliphatic heterocycles. The van der Waals surface area contributed by atoms with Gasteiger partial charge in [0, 0.05) is 0 Å². The summed E-state index contributed by atoms with van der Waals surface area (Å²) in [6, 6.07) is 4.13. The van der Waals surface area contributed by atoms with Crippen molar-refractivity contribution in [3.63, 3.8) is 0 Å². The van der Waals surface area contributed by atoms with E-state index in [0.29, 0.717) is 12.1 Å². The summed E-state index contributed by atoms with van der Waals surface area (Å²) in [5.74, 6) is -4.72.